The normalized spacial score (nSPS) is 12.2. The Morgan fingerprint density at radius 1 is 1.35 bits per heavy atom. The summed E-state index contributed by atoms with van der Waals surface area (Å²) in [6.07, 6.45) is 7.81. The zero-order valence-corrected chi connectivity index (χ0v) is 11.5. The van der Waals surface area contributed by atoms with Crippen LogP contribution in [0.15, 0.2) is 31.0 Å². The standard InChI is InChI=1S/C14H17N5O/c1-14(2,4-6-20)19-8-10(7-18-19)12-11-3-5-15-13(11)17-9-16-12/h3,5,7-9,20H,4,6H2,1-2H3,(H,15,16,17). The second-order valence-electron chi connectivity index (χ2n) is 5.42. The van der Waals surface area contributed by atoms with E-state index >= 15 is 0 Å². The van der Waals surface area contributed by atoms with Crippen LogP contribution in [0.5, 0.6) is 0 Å². The smallest absolute Gasteiger partial charge is 0.141 e. The van der Waals surface area contributed by atoms with Gasteiger partial charge >= 0.3 is 0 Å². The summed E-state index contributed by atoms with van der Waals surface area (Å²) in [5.41, 5.74) is 2.40. The van der Waals surface area contributed by atoms with E-state index in [1.807, 2.05) is 37.0 Å². The van der Waals surface area contributed by atoms with Crippen LogP contribution >= 0.6 is 0 Å². The van der Waals surface area contributed by atoms with Gasteiger partial charge in [-0.15, -0.1) is 0 Å². The number of rotatable bonds is 4. The monoisotopic (exact) mass is 271 g/mol. The molecule has 0 atom stereocenters. The molecular weight excluding hydrogens is 254 g/mol. The number of aromatic amines is 1. The molecule has 0 amide bonds. The number of nitrogens with zero attached hydrogens (tertiary/aromatic N) is 4. The predicted octanol–water partition coefficient (Wildman–Crippen LogP) is 1.94. The van der Waals surface area contributed by atoms with Crippen molar-refractivity contribution in [3.63, 3.8) is 0 Å². The maximum atomic E-state index is 9.13. The predicted molar refractivity (Wildman–Crippen MR) is 76.1 cm³/mol. The van der Waals surface area contributed by atoms with Gasteiger partial charge in [-0.1, -0.05) is 0 Å². The van der Waals surface area contributed by atoms with Gasteiger partial charge in [-0.25, -0.2) is 9.97 Å². The molecule has 3 heterocycles. The van der Waals surface area contributed by atoms with Crippen LogP contribution in [0.3, 0.4) is 0 Å². The molecule has 6 heteroatoms. The Kier molecular flexibility index (Phi) is 3.02. The van der Waals surface area contributed by atoms with E-state index in [9.17, 15) is 0 Å². The number of nitrogens with one attached hydrogen (secondary N) is 1. The zero-order chi connectivity index (χ0) is 14.2. The first-order chi connectivity index (χ1) is 9.62. The molecule has 0 saturated heterocycles. The third-order valence-electron chi connectivity index (χ3n) is 3.55. The Balaban J connectivity index is 2.04. The van der Waals surface area contributed by atoms with Gasteiger partial charge in [-0.3, -0.25) is 4.68 Å². The van der Waals surface area contributed by atoms with Crippen molar-refractivity contribution in [3.8, 4) is 11.3 Å². The topological polar surface area (TPSA) is 79.6 Å². The number of H-pyrrole nitrogens is 1. The SMILES string of the molecule is CC(C)(CCO)n1cc(-c2ncnc3[nH]ccc23)cn1. The molecule has 0 aromatic carbocycles. The fourth-order valence-electron chi connectivity index (χ4n) is 2.27. The van der Waals surface area contributed by atoms with Crippen molar-refractivity contribution in [3.05, 3.63) is 31.0 Å². The van der Waals surface area contributed by atoms with Gasteiger partial charge in [0.15, 0.2) is 0 Å². The van der Waals surface area contributed by atoms with E-state index in [1.165, 1.54) is 0 Å². The lowest BCUT2D eigenvalue weighted by atomic mass is 10.0. The molecule has 0 fully saturated rings. The van der Waals surface area contributed by atoms with Crippen molar-refractivity contribution in [1.29, 1.82) is 0 Å². The molecule has 6 nitrogen and oxygen atoms in total. The molecule has 0 bridgehead atoms. The first-order valence-corrected chi connectivity index (χ1v) is 6.56. The summed E-state index contributed by atoms with van der Waals surface area (Å²) < 4.78 is 1.87. The molecule has 0 aliphatic heterocycles. The molecule has 3 aromatic heterocycles. The first kappa shape index (κ1) is 12.8. The maximum Gasteiger partial charge on any atom is 0.141 e. The van der Waals surface area contributed by atoms with E-state index in [0.717, 1.165) is 22.3 Å². The molecule has 0 aliphatic carbocycles. The van der Waals surface area contributed by atoms with Crippen LogP contribution in [0.2, 0.25) is 0 Å². The second-order valence-corrected chi connectivity index (χ2v) is 5.42. The lowest BCUT2D eigenvalue weighted by Gasteiger charge is -2.24. The van der Waals surface area contributed by atoms with Gasteiger partial charge in [0.2, 0.25) is 0 Å². The number of aliphatic hydroxyl groups is 1. The summed E-state index contributed by atoms with van der Waals surface area (Å²) in [6, 6.07) is 1.96. The van der Waals surface area contributed by atoms with Gasteiger partial charge in [-0.05, 0) is 26.3 Å². The summed E-state index contributed by atoms with van der Waals surface area (Å²) in [6.45, 7) is 4.23. The molecule has 0 radical (unpaired) electrons. The highest BCUT2D eigenvalue weighted by molar-refractivity contribution is 5.89. The van der Waals surface area contributed by atoms with Crippen LogP contribution in [-0.4, -0.2) is 36.4 Å². The van der Waals surface area contributed by atoms with Crippen LogP contribution in [0, 0.1) is 0 Å². The number of aromatic nitrogens is 5. The van der Waals surface area contributed by atoms with Crippen molar-refractivity contribution in [2.24, 2.45) is 0 Å². The van der Waals surface area contributed by atoms with Crippen LogP contribution in [0.25, 0.3) is 22.3 Å². The first-order valence-electron chi connectivity index (χ1n) is 6.56. The lowest BCUT2D eigenvalue weighted by Crippen LogP contribution is -2.27. The largest absolute Gasteiger partial charge is 0.396 e. The summed E-state index contributed by atoms with van der Waals surface area (Å²) in [7, 11) is 0. The molecule has 20 heavy (non-hydrogen) atoms. The Hall–Kier alpha value is -2.21. The van der Waals surface area contributed by atoms with E-state index in [1.54, 1.807) is 12.5 Å². The summed E-state index contributed by atoms with van der Waals surface area (Å²) in [5, 5.41) is 14.5. The summed E-state index contributed by atoms with van der Waals surface area (Å²) >= 11 is 0. The molecule has 104 valence electrons. The molecule has 0 aliphatic rings. The van der Waals surface area contributed by atoms with E-state index in [4.69, 9.17) is 5.11 Å². The molecule has 0 saturated carbocycles. The van der Waals surface area contributed by atoms with E-state index in [-0.39, 0.29) is 12.1 Å². The number of hydrogen-bond acceptors (Lipinski definition) is 4. The summed E-state index contributed by atoms with van der Waals surface area (Å²) in [4.78, 5) is 11.6. The molecule has 3 rings (SSSR count). The Labute approximate surface area is 116 Å². The third kappa shape index (κ3) is 2.08. The molecule has 2 N–H and O–H groups in total. The van der Waals surface area contributed by atoms with Crippen molar-refractivity contribution in [2.75, 3.05) is 6.61 Å². The second kappa shape index (κ2) is 4.72. The van der Waals surface area contributed by atoms with Crippen molar-refractivity contribution in [2.45, 2.75) is 25.8 Å². The van der Waals surface area contributed by atoms with E-state index in [2.05, 4.69) is 20.1 Å². The Morgan fingerprint density at radius 2 is 2.20 bits per heavy atom. The Bertz CT molecular complexity index is 728. The minimum atomic E-state index is -0.225. The van der Waals surface area contributed by atoms with Gasteiger partial charge in [0, 0.05) is 30.0 Å². The fourth-order valence-corrected chi connectivity index (χ4v) is 2.27. The van der Waals surface area contributed by atoms with Gasteiger partial charge in [0.1, 0.15) is 12.0 Å². The van der Waals surface area contributed by atoms with Crippen LogP contribution in [-0.2, 0) is 5.54 Å². The van der Waals surface area contributed by atoms with Crippen LogP contribution in [0.1, 0.15) is 20.3 Å². The van der Waals surface area contributed by atoms with Crippen molar-refractivity contribution >= 4 is 11.0 Å². The highest BCUT2D eigenvalue weighted by Gasteiger charge is 2.21. The van der Waals surface area contributed by atoms with Crippen LogP contribution in [0.4, 0.5) is 0 Å². The van der Waals surface area contributed by atoms with Gasteiger partial charge < -0.3 is 10.1 Å². The highest BCUT2D eigenvalue weighted by atomic mass is 16.3. The molecular formula is C14H17N5O. The Morgan fingerprint density at radius 3 is 3.00 bits per heavy atom. The van der Waals surface area contributed by atoms with Crippen LogP contribution < -0.4 is 0 Å². The average Bonchev–Trinajstić information content (AvgIpc) is 3.07. The fraction of sp³-hybridized carbons (Fsp3) is 0.357. The van der Waals surface area contributed by atoms with Crippen molar-refractivity contribution < 1.29 is 5.11 Å². The van der Waals surface area contributed by atoms with Gasteiger partial charge in [0.05, 0.1) is 17.4 Å². The maximum absolute atomic E-state index is 9.13. The number of hydrogen-bond donors (Lipinski definition) is 2. The minimum Gasteiger partial charge on any atom is -0.396 e. The van der Waals surface area contributed by atoms with Crippen molar-refractivity contribution in [1.82, 2.24) is 24.7 Å². The lowest BCUT2D eigenvalue weighted by molar-refractivity contribution is 0.201. The quantitative estimate of drug-likeness (QED) is 0.760. The molecule has 3 aromatic rings. The van der Waals surface area contributed by atoms with E-state index < -0.39 is 0 Å². The molecule has 0 unspecified atom stereocenters. The third-order valence-corrected chi connectivity index (χ3v) is 3.55. The summed E-state index contributed by atoms with van der Waals surface area (Å²) in [5.74, 6) is 0. The minimum absolute atomic E-state index is 0.137. The number of aliphatic hydroxyl groups excluding tert-OH is 1. The zero-order valence-electron chi connectivity index (χ0n) is 11.5. The average molecular weight is 271 g/mol. The molecule has 0 spiro atoms. The van der Waals surface area contributed by atoms with Gasteiger partial charge in [-0.2, -0.15) is 5.10 Å². The highest BCUT2D eigenvalue weighted by Crippen LogP contribution is 2.26. The van der Waals surface area contributed by atoms with E-state index in [0.29, 0.717) is 6.42 Å². The van der Waals surface area contributed by atoms with Gasteiger partial charge in [0.25, 0.3) is 0 Å². The number of fused-ring (bicyclic) bond motifs is 1.